The average molecular weight is 145 g/mol. The van der Waals surface area contributed by atoms with E-state index in [4.69, 9.17) is 0 Å². The standard InChI is InChI=1S/C6H12NOP/c1-7-5(8)6(4-9)2-3-6/h2-4,9H2,1H3,(H,7,8). The summed E-state index contributed by atoms with van der Waals surface area (Å²) in [6, 6.07) is 0. The topological polar surface area (TPSA) is 29.1 Å². The molecule has 2 nitrogen and oxygen atoms in total. The highest BCUT2D eigenvalue weighted by Crippen LogP contribution is 2.47. The maximum atomic E-state index is 11.0. The molecule has 0 saturated heterocycles. The molecule has 1 fully saturated rings. The number of carbonyl (C=O) groups is 1. The molecule has 1 saturated carbocycles. The maximum absolute atomic E-state index is 11.0. The van der Waals surface area contributed by atoms with Gasteiger partial charge in [-0.1, -0.05) is 0 Å². The highest BCUT2D eigenvalue weighted by molar-refractivity contribution is 7.16. The van der Waals surface area contributed by atoms with Crippen LogP contribution in [0.4, 0.5) is 0 Å². The number of hydrogen-bond donors (Lipinski definition) is 1. The molecule has 0 heterocycles. The summed E-state index contributed by atoms with van der Waals surface area (Å²) in [5, 5.41) is 2.67. The lowest BCUT2D eigenvalue weighted by molar-refractivity contribution is -0.125. The van der Waals surface area contributed by atoms with Crippen LogP contribution < -0.4 is 5.32 Å². The van der Waals surface area contributed by atoms with Gasteiger partial charge in [-0.25, -0.2) is 0 Å². The first-order valence-corrected chi connectivity index (χ1v) is 3.99. The molecular weight excluding hydrogens is 133 g/mol. The first-order chi connectivity index (χ1) is 4.25. The quantitative estimate of drug-likeness (QED) is 0.559. The number of hydrogen-bond acceptors (Lipinski definition) is 1. The minimum absolute atomic E-state index is 0.0133. The van der Waals surface area contributed by atoms with Crippen LogP contribution in [0.1, 0.15) is 12.8 Å². The van der Waals surface area contributed by atoms with E-state index in [-0.39, 0.29) is 11.3 Å². The van der Waals surface area contributed by atoms with Gasteiger partial charge in [-0.15, -0.1) is 9.24 Å². The average Bonchev–Trinajstić information content (AvgIpc) is 2.66. The minimum atomic E-state index is 0.0133. The van der Waals surface area contributed by atoms with Crippen LogP contribution in [0.25, 0.3) is 0 Å². The molecule has 3 heteroatoms. The van der Waals surface area contributed by atoms with Crippen LogP contribution in [-0.2, 0) is 4.79 Å². The largest absolute Gasteiger partial charge is 0.359 e. The molecule has 1 aliphatic carbocycles. The van der Waals surface area contributed by atoms with Crippen LogP contribution in [-0.4, -0.2) is 19.1 Å². The van der Waals surface area contributed by atoms with E-state index in [9.17, 15) is 4.79 Å². The fourth-order valence-corrected chi connectivity index (χ4v) is 1.53. The fraction of sp³-hybridized carbons (Fsp3) is 0.833. The summed E-state index contributed by atoms with van der Waals surface area (Å²) < 4.78 is 0. The Morgan fingerprint density at radius 2 is 2.33 bits per heavy atom. The van der Waals surface area contributed by atoms with E-state index >= 15 is 0 Å². The third-order valence-electron chi connectivity index (χ3n) is 1.95. The van der Waals surface area contributed by atoms with Gasteiger partial charge in [-0.3, -0.25) is 4.79 Å². The van der Waals surface area contributed by atoms with Crippen LogP contribution >= 0.6 is 9.24 Å². The summed E-state index contributed by atoms with van der Waals surface area (Å²) >= 11 is 0. The van der Waals surface area contributed by atoms with Crippen LogP contribution in [0.15, 0.2) is 0 Å². The minimum Gasteiger partial charge on any atom is -0.359 e. The Bertz CT molecular complexity index is 131. The zero-order valence-corrected chi connectivity index (χ0v) is 6.76. The summed E-state index contributed by atoms with van der Waals surface area (Å²) in [7, 11) is 4.32. The van der Waals surface area contributed by atoms with Crippen molar-refractivity contribution >= 4 is 15.1 Å². The zero-order chi connectivity index (χ0) is 6.91. The van der Waals surface area contributed by atoms with Gasteiger partial charge < -0.3 is 5.32 Å². The van der Waals surface area contributed by atoms with E-state index in [1.807, 2.05) is 0 Å². The second-order valence-corrected chi connectivity index (χ2v) is 2.97. The second kappa shape index (κ2) is 2.26. The molecule has 1 atom stereocenters. The van der Waals surface area contributed by atoms with Crippen molar-refractivity contribution in [1.29, 1.82) is 0 Å². The van der Waals surface area contributed by atoms with Gasteiger partial charge >= 0.3 is 0 Å². The van der Waals surface area contributed by atoms with Gasteiger partial charge in [0.2, 0.25) is 5.91 Å². The maximum Gasteiger partial charge on any atom is 0.226 e. The SMILES string of the molecule is CNC(=O)C1(CP)CC1. The number of carbonyl (C=O) groups excluding carboxylic acids is 1. The lowest BCUT2D eigenvalue weighted by atomic mass is 10.1. The highest BCUT2D eigenvalue weighted by Gasteiger charge is 2.47. The van der Waals surface area contributed by atoms with Gasteiger partial charge in [0.25, 0.3) is 0 Å². The molecule has 9 heavy (non-hydrogen) atoms. The van der Waals surface area contributed by atoms with E-state index in [0.29, 0.717) is 0 Å². The van der Waals surface area contributed by atoms with E-state index in [0.717, 1.165) is 19.0 Å². The molecule has 0 radical (unpaired) electrons. The van der Waals surface area contributed by atoms with E-state index in [1.54, 1.807) is 7.05 Å². The van der Waals surface area contributed by atoms with Crippen molar-refractivity contribution in [2.75, 3.05) is 13.2 Å². The molecule has 1 unspecified atom stereocenters. The van der Waals surface area contributed by atoms with Crippen LogP contribution in [0.5, 0.6) is 0 Å². The first-order valence-electron chi connectivity index (χ1n) is 3.17. The van der Waals surface area contributed by atoms with Gasteiger partial charge in [0, 0.05) is 7.05 Å². The third-order valence-corrected chi connectivity index (χ3v) is 2.73. The van der Waals surface area contributed by atoms with Crippen LogP contribution in [0.3, 0.4) is 0 Å². The van der Waals surface area contributed by atoms with Crippen LogP contribution in [0, 0.1) is 5.41 Å². The van der Waals surface area contributed by atoms with Gasteiger partial charge in [0.05, 0.1) is 5.41 Å². The van der Waals surface area contributed by atoms with Crippen LogP contribution in [0.2, 0.25) is 0 Å². The van der Waals surface area contributed by atoms with Crippen molar-refractivity contribution in [1.82, 2.24) is 5.32 Å². The summed E-state index contributed by atoms with van der Waals surface area (Å²) in [6.45, 7) is 0. The number of amides is 1. The van der Waals surface area contributed by atoms with E-state index in [1.165, 1.54) is 0 Å². The lowest BCUT2D eigenvalue weighted by Crippen LogP contribution is -2.29. The van der Waals surface area contributed by atoms with Gasteiger partial charge in [0.1, 0.15) is 0 Å². The highest BCUT2D eigenvalue weighted by atomic mass is 31.0. The summed E-state index contributed by atoms with van der Waals surface area (Å²) in [5.74, 6) is 0.206. The molecule has 1 N–H and O–H groups in total. The van der Waals surface area contributed by atoms with Crippen molar-refractivity contribution in [3.63, 3.8) is 0 Å². The predicted molar refractivity (Wildman–Crippen MR) is 40.3 cm³/mol. The molecule has 0 aromatic carbocycles. The molecule has 0 aromatic heterocycles. The Kier molecular flexibility index (Phi) is 1.76. The molecule has 0 aromatic rings. The Hall–Kier alpha value is -0.100. The molecule has 1 aliphatic rings. The lowest BCUT2D eigenvalue weighted by Gasteiger charge is -2.08. The molecule has 1 amide bonds. The first kappa shape index (κ1) is 7.01. The Balaban J connectivity index is 2.49. The summed E-state index contributed by atoms with van der Waals surface area (Å²) in [4.78, 5) is 11.0. The van der Waals surface area contributed by atoms with Gasteiger partial charge in [0.15, 0.2) is 0 Å². The Labute approximate surface area is 57.6 Å². The smallest absolute Gasteiger partial charge is 0.226 e. The fourth-order valence-electron chi connectivity index (χ4n) is 0.940. The van der Waals surface area contributed by atoms with Gasteiger partial charge in [-0.05, 0) is 19.0 Å². The molecule has 0 bridgehead atoms. The predicted octanol–water partition coefficient (Wildman–Crippen LogP) is 0.388. The molecule has 0 aliphatic heterocycles. The molecule has 1 rings (SSSR count). The third kappa shape index (κ3) is 1.09. The second-order valence-electron chi connectivity index (χ2n) is 2.56. The summed E-state index contributed by atoms with van der Waals surface area (Å²) in [6.07, 6.45) is 3.04. The molecule has 0 spiro atoms. The van der Waals surface area contributed by atoms with Crippen molar-refractivity contribution in [3.05, 3.63) is 0 Å². The van der Waals surface area contributed by atoms with Crippen molar-refractivity contribution in [3.8, 4) is 0 Å². The van der Waals surface area contributed by atoms with Gasteiger partial charge in [-0.2, -0.15) is 0 Å². The molecular formula is C6H12NOP. The summed E-state index contributed by atoms with van der Waals surface area (Å²) in [5.41, 5.74) is 0.0133. The monoisotopic (exact) mass is 145 g/mol. The van der Waals surface area contributed by atoms with Crippen molar-refractivity contribution in [2.45, 2.75) is 12.8 Å². The normalized spacial score (nSPS) is 21.1. The number of nitrogens with one attached hydrogen (secondary N) is 1. The molecule has 52 valence electrons. The Morgan fingerprint density at radius 3 is 2.44 bits per heavy atom. The van der Waals surface area contributed by atoms with E-state index in [2.05, 4.69) is 14.6 Å². The number of rotatable bonds is 2. The van der Waals surface area contributed by atoms with Crippen molar-refractivity contribution in [2.24, 2.45) is 5.41 Å². The Morgan fingerprint density at radius 1 is 1.78 bits per heavy atom. The van der Waals surface area contributed by atoms with E-state index < -0.39 is 0 Å². The van der Waals surface area contributed by atoms with Crippen molar-refractivity contribution < 1.29 is 4.79 Å². The zero-order valence-electron chi connectivity index (χ0n) is 5.61.